The first kappa shape index (κ1) is 51.4. The number of carbonyl (C=O) groups is 2. The summed E-state index contributed by atoms with van der Waals surface area (Å²) in [5.41, 5.74) is 0.867. The van der Waals surface area contributed by atoms with E-state index in [9.17, 15) is 50.4 Å². The lowest BCUT2D eigenvalue weighted by Crippen LogP contribution is -2.67. The number of hydrogen-bond acceptors (Lipinski definition) is 16. The highest BCUT2D eigenvalue weighted by Gasteiger charge is 2.63. The number of aliphatic hydroxyl groups is 6. The average Bonchev–Trinajstić information content (AvgIpc) is 3.63. The maximum atomic E-state index is 13.4. The predicted octanol–water partition coefficient (Wildman–Crippen LogP) is 4.07. The second kappa shape index (κ2) is 25.3. The van der Waals surface area contributed by atoms with Crippen LogP contribution in [-0.2, 0) is 50.4 Å². The zero-order valence-corrected chi connectivity index (χ0v) is 36.5. The maximum absolute atomic E-state index is 13.4. The summed E-state index contributed by atoms with van der Waals surface area (Å²) in [6.07, 6.45) is 8.36. The van der Waals surface area contributed by atoms with Gasteiger partial charge in [0.05, 0.1) is 24.9 Å². The summed E-state index contributed by atoms with van der Waals surface area (Å²) >= 11 is 0. The molecule has 0 amide bonds. The number of fused-ring (bicyclic) bond motifs is 2. The van der Waals surface area contributed by atoms with E-state index >= 15 is 0 Å². The van der Waals surface area contributed by atoms with E-state index in [1.807, 2.05) is 25.2 Å². The number of phenols is 2. The molecular formula is C47H66O16. The van der Waals surface area contributed by atoms with Crippen LogP contribution in [0.4, 0.5) is 0 Å². The van der Waals surface area contributed by atoms with Gasteiger partial charge in [0.1, 0.15) is 54.7 Å². The van der Waals surface area contributed by atoms with Crippen LogP contribution in [0.5, 0.6) is 11.5 Å². The van der Waals surface area contributed by atoms with Gasteiger partial charge in [-0.15, -0.1) is 0 Å². The van der Waals surface area contributed by atoms with Crippen molar-refractivity contribution in [3.8, 4) is 11.5 Å². The Morgan fingerprint density at radius 3 is 2.32 bits per heavy atom. The molecule has 3 aliphatic rings. The lowest BCUT2D eigenvalue weighted by Gasteiger charge is -2.50. The number of rotatable bonds is 22. The molecular weight excluding hydrogens is 821 g/mol. The fourth-order valence-electron chi connectivity index (χ4n) is 7.32. The highest BCUT2D eigenvalue weighted by Crippen LogP contribution is 2.51. The molecule has 0 bridgehead atoms. The van der Waals surface area contributed by atoms with Crippen molar-refractivity contribution >= 4 is 11.9 Å². The van der Waals surface area contributed by atoms with Crippen LogP contribution >= 0.6 is 0 Å². The number of ether oxygens (including phenoxy) is 6. The molecule has 0 saturated carbocycles. The lowest BCUT2D eigenvalue weighted by molar-refractivity contribution is -0.395. The number of benzene rings is 1. The molecule has 4 rings (SSSR count). The summed E-state index contributed by atoms with van der Waals surface area (Å²) in [6, 6.07) is 2.27. The molecule has 0 aromatic heterocycles. The molecule has 8 N–H and O–H groups in total. The number of aromatic hydroxyl groups is 2. The van der Waals surface area contributed by atoms with Crippen molar-refractivity contribution in [2.75, 3.05) is 13.2 Å². The number of esters is 2. The van der Waals surface area contributed by atoms with E-state index in [0.29, 0.717) is 5.92 Å². The van der Waals surface area contributed by atoms with Gasteiger partial charge in [-0.25, -0.2) is 9.59 Å². The first-order chi connectivity index (χ1) is 30.2. The van der Waals surface area contributed by atoms with Gasteiger partial charge in [-0.1, -0.05) is 94.7 Å². The highest BCUT2D eigenvalue weighted by atomic mass is 16.8. The number of hydrogen-bond donors (Lipinski definition) is 8. The largest absolute Gasteiger partial charge is 0.508 e. The molecule has 1 aromatic carbocycles. The van der Waals surface area contributed by atoms with E-state index in [4.69, 9.17) is 28.4 Å². The Kier molecular flexibility index (Phi) is 20.7. The van der Waals surface area contributed by atoms with Gasteiger partial charge in [0, 0.05) is 18.2 Å². The maximum Gasteiger partial charge on any atom is 0.331 e. The van der Waals surface area contributed by atoms with Gasteiger partial charge in [-0.3, -0.25) is 0 Å². The molecule has 0 aliphatic carbocycles. The molecule has 16 heteroatoms. The number of phenolic OH excluding ortho intramolecular Hbond substituents is 2. The van der Waals surface area contributed by atoms with Crippen LogP contribution in [0.2, 0.25) is 0 Å². The Labute approximate surface area is 369 Å². The summed E-state index contributed by atoms with van der Waals surface area (Å²) in [6.45, 7) is 6.54. The third-order valence-electron chi connectivity index (χ3n) is 11.3. The molecule has 2 saturated heterocycles. The molecule has 1 aromatic rings. The van der Waals surface area contributed by atoms with Crippen LogP contribution in [0.3, 0.4) is 0 Å². The molecule has 350 valence electrons. The van der Waals surface area contributed by atoms with E-state index < -0.39 is 97.9 Å². The van der Waals surface area contributed by atoms with Gasteiger partial charge < -0.3 is 69.3 Å². The minimum atomic E-state index is -2.27. The summed E-state index contributed by atoms with van der Waals surface area (Å²) in [5, 5.41) is 86.7. The van der Waals surface area contributed by atoms with Crippen molar-refractivity contribution in [2.24, 2.45) is 5.92 Å². The van der Waals surface area contributed by atoms with E-state index in [1.165, 1.54) is 24.3 Å². The molecule has 3 aliphatic heterocycles. The fourth-order valence-corrected chi connectivity index (χ4v) is 7.32. The van der Waals surface area contributed by atoms with E-state index in [2.05, 4.69) is 26.8 Å². The zero-order chi connectivity index (χ0) is 46.1. The third kappa shape index (κ3) is 14.1. The van der Waals surface area contributed by atoms with E-state index in [1.54, 1.807) is 12.2 Å². The monoisotopic (exact) mass is 886 g/mol. The second-order valence-corrected chi connectivity index (χ2v) is 16.1. The molecule has 3 heterocycles. The first-order valence-corrected chi connectivity index (χ1v) is 21.7. The van der Waals surface area contributed by atoms with Crippen LogP contribution in [0, 0.1) is 5.92 Å². The number of carbonyl (C=O) groups excluding carboxylic acids is 2. The van der Waals surface area contributed by atoms with Crippen molar-refractivity contribution < 1.29 is 78.9 Å². The summed E-state index contributed by atoms with van der Waals surface area (Å²) in [4.78, 5) is 25.8. The fraction of sp³-hybridized carbons (Fsp3) is 0.574. The first-order valence-electron chi connectivity index (χ1n) is 21.7. The van der Waals surface area contributed by atoms with Crippen molar-refractivity contribution in [1.29, 1.82) is 0 Å². The van der Waals surface area contributed by atoms with Gasteiger partial charge in [-0.05, 0) is 62.1 Å². The third-order valence-corrected chi connectivity index (χ3v) is 11.3. The Hall–Kier alpha value is -4.20. The van der Waals surface area contributed by atoms with Gasteiger partial charge in [-0.2, -0.15) is 0 Å². The number of aliphatic hydroxyl groups excluding tert-OH is 6. The van der Waals surface area contributed by atoms with Crippen LogP contribution in [0.25, 0.3) is 0 Å². The predicted molar refractivity (Wildman–Crippen MR) is 230 cm³/mol. The van der Waals surface area contributed by atoms with Crippen LogP contribution in [-0.4, -0.2) is 127 Å². The van der Waals surface area contributed by atoms with Crippen molar-refractivity contribution in [3.05, 3.63) is 95.7 Å². The second-order valence-electron chi connectivity index (χ2n) is 16.1. The van der Waals surface area contributed by atoms with Gasteiger partial charge in [0.2, 0.25) is 5.79 Å². The van der Waals surface area contributed by atoms with Gasteiger partial charge in [0.15, 0.2) is 18.5 Å². The van der Waals surface area contributed by atoms with Gasteiger partial charge >= 0.3 is 11.9 Å². The molecule has 2 unspecified atom stereocenters. The molecule has 16 nitrogen and oxygen atoms in total. The van der Waals surface area contributed by atoms with E-state index in [-0.39, 0.29) is 29.9 Å². The molecule has 0 radical (unpaired) electrons. The molecule has 2 fully saturated rings. The zero-order valence-electron chi connectivity index (χ0n) is 36.5. The summed E-state index contributed by atoms with van der Waals surface area (Å²) in [7, 11) is 0. The molecule has 63 heavy (non-hydrogen) atoms. The summed E-state index contributed by atoms with van der Waals surface area (Å²) < 4.78 is 34.8. The Bertz CT molecular complexity index is 1800. The molecule has 12 atom stereocenters. The highest BCUT2D eigenvalue weighted by molar-refractivity contribution is 5.82. The average molecular weight is 887 g/mol. The normalized spacial score (nSPS) is 30.0. The SMILES string of the molecule is CCCCC/C=C/C=C/C(=O)OC[C@H]1O[C@@H](O[C@H]2[C@H](OC(=O)/C=C/C=C/CC(O)/C(C)=C/C=C/CCC(C)CC)[C@@H](O)[C@@]3(OCc4cc(O)cc(O)c43)O[C@@H]2CO)[C@H](O)[C@@H](O)[C@H]1O. The van der Waals surface area contributed by atoms with Crippen LogP contribution in [0.1, 0.15) is 90.2 Å². The van der Waals surface area contributed by atoms with Crippen LogP contribution in [0.15, 0.2) is 84.5 Å². The number of allylic oxidation sites excluding steroid dienone is 8. The topological polar surface area (TPSA) is 251 Å². The van der Waals surface area contributed by atoms with Crippen molar-refractivity contribution in [3.63, 3.8) is 0 Å². The Balaban J connectivity index is 1.50. The Morgan fingerprint density at radius 2 is 1.60 bits per heavy atom. The smallest absolute Gasteiger partial charge is 0.331 e. The Morgan fingerprint density at radius 1 is 0.889 bits per heavy atom. The van der Waals surface area contributed by atoms with Gasteiger partial charge in [0.25, 0.3) is 0 Å². The molecule has 1 spiro atoms. The standard InChI is InChI=1S/C47H66O16/c1-5-7-8-9-10-11-17-22-37(52)58-28-36-40(54)41(55)42(56)46(60-36)62-43-35(26-48)63-47(39-31(27-59-47)24-32(49)25-34(39)51)45(57)44(43)61-38(53)23-18-13-16-21-33(50)30(4)20-15-12-14-19-29(3)6-2/h10-13,15-18,20,22-25,29,33,35-36,40-46,48-51,54-57H,5-9,14,19,21,26-28H2,1-4H3/b11-10+,15-12+,16-13+,22-17+,23-18+,30-20+/t29?,33?,35-,36-,40+,41+,42-,43-,44+,45-,46+,47+/m1/s1. The lowest BCUT2D eigenvalue weighted by atomic mass is 9.86. The van der Waals surface area contributed by atoms with E-state index in [0.717, 1.165) is 68.7 Å². The van der Waals surface area contributed by atoms with Crippen LogP contribution < -0.4 is 0 Å². The minimum absolute atomic E-state index is 0.107. The quantitative estimate of drug-likeness (QED) is 0.0354. The number of unbranched alkanes of at least 4 members (excludes halogenated alkanes) is 3. The summed E-state index contributed by atoms with van der Waals surface area (Å²) in [5.74, 6) is -4.26. The minimum Gasteiger partial charge on any atom is -0.508 e. The van der Waals surface area contributed by atoms with Crippen molar-refractivity contribution in [1.82, 2.24) is 0 Å². The van der Waals surface area contributed by atoms with Crippen molar-refractivity contribution in [2.45, 2.75) is 153 Å².